The molecule has 0 spiro atoms. The zero-order chi connectivity index (χ0) is 9.68. The third kappa shape index (κ3) is 3.32. The summed E-state index contributed by atoms with van der Waals surface area (Å²) in [6.07, 6.45) is 3.73. The highest BCUT2D eigenvalue weighted by Gasteiger charge is 2.18. The lowest BCUT2D eigenvalue weighted by molar-refractivity contribution is -0.120. The largest absolute Gasteiger partial charge is 0.353 e. The summed E-state index contributed by atoms with van der Waals surface area (Å²) in [4.78, 5) is 13.2. The molecule has 1 aliphatic heterocycles. The molecule has 0 aliphatic carbocycles. The van der Waals surface area contributed by atoms with E-state index >= 15 is 0 Å². The first-order valence-corrected chi connectivity index (χ1v) is 4.91. The number of nitrogens with two attached hydrogens (primary N) is 1. The van der Waals surface area contributed by atoms with Crippen molar-refractivity contribution in [1.29, 1.82) is 0 Å². The Morgan fingerprint density at radius 1 is 1.62 bits per heavy atom. The van der Waals surface area contributed by atoms with Crippen molar-refractivity contribution >= 4 is 5.91 Å². The van der Waals surface area contributed by atoms with Gasteiger partial charge in [0.1, 0.15) is 0 Å². The van der Waals surface area contributed by atoms with Crippen LogP contribution in [0.1, 0.15) is 19.3 Å². The lowest BCUT2D eigenvalue weighted by atomic mass is 10.0. The van der Waals surface area contributed by atoms with Crippen molar-refractivity contribution < 1.29 is 4.79 Å². The number of rotatable bonds is 3. The fourth-order valence-corrected chi connectivity index (χ4v) is 1.71. The van der Waals surface area contributed by atoms with Crippen LogP contribution >= 0.6 is 0 Å². The quantitative estimate of drug-likeness (QED) is 0.626. The standard InChI is InChI=1S/C9H19N3O/c1-12-5-3-2-4-8(12)7-11-9(13)6-10/h8H,2-7,10H2,1H3,(H,11,13). The lowest BCUT2D eigenvalue weighted by Crippen LogP contribution is -2.45. The molecule has 0 saturated carbocycles. The second kappa shape index (κ2) is 5.19. The first kappa shape index (κ1) is 10.5. The van der Waals surface area contributed by atoms with E-state index in [0.717, 1.165) is 13.1 Å². The zero-order valence-electron chi connectivity index (χ0n) is 8.25. The molecule has 4 heteroatoms. The molecule has 1 rings (SSSR count). The number of carbonyl (C=O) groups is 1. The van der Waals surface area contributed by atoms with Crippen LogP contribution in [0.2, 0.25) is 0 Å². The van der Waals surface area contributed by atoms with Crippen molar-refractivity contribution in [1.82, 2.24) is 10.2 Å². The fourth-order valence-electron chi connectivity index (χ4n) is 1.71. The number of amides is 1. The van der Waals surface area contributed by atoms with Crippen LogP contribution in [0.15, 0.2) is 0 Å². The van der Waals surface area contributed by atoms with Crippen molar-refractivity contribution in [2.75, 3.05) is 26.7 Å². The highest BCUT2D eigenvalue weighted by atomic mass is 16.1. The summed E-state index contributed by atoms with van der Waals surface area (Å²) in [5.41, 5.74) is 5.20. The number of piperidine rings is 1. The van der Waals surface area contributed by atoms with Gasteiger partial charge in [-0.2, -0.15) is 0 Å². The van der Waals surface area contributed by atoms with Crippen LogP contribution in [-0.2, 0) is 4.79 Å². The van der Waals surface area contributed by atoms with Gasteiger partial charge < -0.3 is 16.0 Å². The SMILES string of the molecule is CN1CCCCC1CNC(=O)CN. The van der Waals surface area contributed by atoms with E-state index in [1.54, 1.807) is 0 Å². The molecule has 76 valence electrons. The molecule has 1 saturated heterocycles. The third-order valence-corrected chi connectivity index (χ3v) is 2.64. The van der Waals surface area contributed by atoms with E-state index in [1.165, 1.54) is 19.3 Å². The summed E-state index contributed by atoms with van der Waals surface area (Å²) in [6.45, 7) is 1.98. The van der Waals surface area contributed by atoms with E-state index in [0.29, 0.717) is 6.04 Å². The second-order valence-electron chi connectivity index (χ2n) is 3.64. The number of likely N-dealkylation sites (N-methyl/N-ethyl adjacent to an activating group) is 1. The molecule has 1 amide bonds. The number of nitrogens with zero attached hydrogens (tertiary/aromatic N) is 1. The highest BCUT2D eigenvalue weighted by molar-refractivity contribution is 5.77. The van der Waals surface area contributed by atoms with Crippen LogP contribution in [0.5, 0.6) is 0 Å². The molecule has 3 N–H and O–H groups in total. The molecule has 0 radical (unpaired) electrons. The Morgan fingerprint density at radius 2 is 2.38 bits per heavy atom. The van der Waals surface area contributed by atoms with Gasteiger partial charge in [-0.3, -0.25) is 4.79 Å². The van der Waals surface area contributed by atoms with Crippen LogP contribution in [0, 0.1) is 0 Å². The van der Waals surface area contributed by atoms with Gasteiger partial charge in [-0.25, -0.2) is 0 Å². The summed E-state index contributed by atoms with van der Waals surface area (Å²) in [5.74, 6) is -0.0565. The first-order chi connectivity index (χ1) is 6.24. The van der Waals surface area contributed by atoms with Gasteiger partial charge in [-0.05, 0) is 26.4 Å². The second-order valence-corrected chi connectivity index (χ2v) is 3.64. The van der Waals surface area contributed by atoms with Crippen molar-refractivity contribution in [2.24, 2.45) is 5.73 Å². The predicted octanol–water partition coefficient (Wildman–Crippen LogP) is -0.454. The maximum atomic E-state index is 10.9. The number of carbonyl (C=O) groups excluding carboxylic acids is 1. The Morgan fingerprint density at radius 3 is 3.00 bits per heavy atom. The Hall–Kier alpha value is -0.610. The monoisotopic (exact) mass is 185 g/mol. The van der Waals surface area contributed by atoms with Crippen molar-refractivity contribution in [2.45, 2.75) is 25.3 Å². The molecule has 4 nitrogen and oxygen atoms in total. The average molecular weight is 185 g/mol. The summed E-state index contributed by atoms with van der Waals surface area (Å²) >= 11 is 0. The molecule has 0 aromatic heterocycles. The zero-order valence-corrected chi connectivity index (χ0v) is 8.25. The molecule has 0 bridgehead atoms. The van der Waals surface area contributed by atoms with Crippen LogP contribution < -0.4 is 11.1 Å². The third-order valence-electron chi connectivity index (χ3n) is 2.64. The van der Waals surface area contributed by atoms with E-state index in [9.17, 15) is 4.79 Å². The maximum Gasteiger partial charge on any atom is 0.233 e. The molecular formula is C9H19N3O. The molecule has 1 heterocycles. The van der Waals surface area contributed by atoms with E-state index in [1.807, 2.05) is 0 Å². The van der Waals surface area contributed by atoms with Gasteiger partial charge in [-0.1, -0.05) is 6.42 Å². The van der Waals surface area contributed by atoms with Gasteiger partial charge in [0.05, 0.1) is 6.54 Å². The Bertz CT molecular complexity index is 172. The summed E-state index contributed by atoms with van der Waals surface area (Å²) in [6, 6.07) is 0.504. The molecular weight excluding hydrogens is 166 g/mol. The van der Waals surface area contributed by atoms with Gasteiger partial charge in [0, 0.05) is 12.6 Å². The smallest absolute Gasteiger partial charge is 0.233 e. The van der Waals surface area contributed by atoms with Gasteiger partial charge in [0.2, 0.25) is 5.91 Å². The number of nitrogens with one attached hydrogen (secondary N) is 1. The number of hydrogen-bond acceptors (Lipinski definition) is 3. The molecule has 0 aromatic rings. The van der Waals surface area contributed by atoms with Crippen LogP contribution in [0.4, 0.5) is 0 Å². The van der Waals surface area contributed by atoms with Crippen molar-refractivity contribution in [3.8, 4) is 0 Å². The van der Waals surface area contributed by atoms with Crippen molar-refractivity contribution in [3.05, 3.63) is 0 Å². The predicted molar refractivity (Wildman–Crippen MR) is 52.3 cm³/mol. The van der Waals surface area contributed by atoms with Gasteiger partial charge in [-0.15, -0.1) is 0 Å². The molecule has 1 aliphatic rings. The minimum atomic E-state index is -0.0565. The fraction of sp³-hybridized carbons (Fsp3) is 0.889. The lowest BCUT2D eigenvalue weighted by Gasteiger charge is -2.32. The van der Waals surface area contributed by atoms with E-state index in [4.69, 9.17) is 5.73 Å². The molecule has 1 unspecified atom stereocenters. The highest BCUT2D eigenvalue weighted by Crippen LogP contribution is 2.13. The van der Waals surface area contributed by atoms with Crippen LogP contribution in [0.25, 0.3) is 0 Å². The summed E-state index contributed by atoms with van der Waals surface area (Å²) in [7, 11) is 2.11. The van der Waals surface area contributed by atoms with Gasteiger partial charge in [0.25, 0.3) is 0 Å². The summed E-state index contributed by atoms with van der Waals surface area (Å²) < 4.78 is 0. The van der Waals surface area contributed by atoms with Crippen LogP contribution in [0.3, 0.4) is 0 Å². The number of likely N-dealkylation sites (tertiary alicyclic amines) is 1. The summed E-state index contributed by atoms with van der Waals surface area (Å²) in [5, 5.41) is 2.83. The molecule has 0 aromatic carbocycles. The van der Waals surface area contributed by atoms with Crippen LogP contribution in [-0.4, -0.2) is 43.5 Å². The van der Waals surface area contributed by atoms with Crippen molar-refractivity contribution in [3.63, 3.8) is 0 Å². The van der Waals surface area contributed by atoms with Gasteiger partial charge >= 0.3 is 0 Å². The number of hydrogen-bond donors (Lipinski definition) is 2. The van der Waals surface area contributed by atoms with E-state index in [2.05, 4.69) is 17.3 Å². The Balaban J connectivity index is 2.22. The Labute approximate surface area is 79.5 Å². The minimum absolute atomic E-state index is 0.0565. The average Bonchev–Trinajstić information content (AvgIpc) is 2.16. The molecule has 13 heavy (non-hydrogen) atoms. The molecule has 1 atom stereocenters. The minimum Gasteiger partial charge on any atom is -0.353 e. The van der Waals surface area contributed by atoms with E-state index < -0.39 is 0 Å². The topological polar surface area (TPSA) is 58.4 Å². The van der Waals surface area contributed by atoms with E-state index in [-0.39, 0.29) is 12.5 Å². The normalized spacial score (nSPS) is 24.3. The van der Waals surface area contributed by atoms with Gasteiger partial charge in [0.15, 0.2) is 0 Å². The first-order valence-electron chi connectivity index (χ1n) is 4.91. The Kier molecular flexibility index (Phi) is 4.18. The maximum absolute atomic E-state index is 10.9. The molecule has 1 fully saturated rings.